The zero-order valence-corrected chi connectivity index (χ0v) is 14.5. The van der Waals surface area contributed by atoms with Gasteiger partial charge in [0.15, 0.2) is 12.2 Å². The fraction of sp³-hybridized carbons (Fsp3) is 0.222. The lowest BCUT2D eigenvalue weighted by atomic mass is 10.1. The Morgan fingerprint density at radius 2 is 2.11 bits per heavy atom. The van der Waals surface area contributed by atoms with E-state index in [4.69, 9.17) is 13.9 Å². The summed E-state index contributed by atoms with van der Waals surface area (Å²) in [4.78, 5) is 27.1. The predicted molar refractivity (Wildman–Crippen MR) is 96.6 cm³/mol. The number of anilines is 1. The first kappa shape index (κ1) is 18.3. The van der Waals surface area contributed by atoms with Crippen LogP contribution in [0.15, 0.2) is 46.9 Å². The normalized spacial score (nSPS) is 10.7. The number of ether oxygens (including phenoxy) is 2. The number of carbonyl (C=O) groups is 1. The molecule has 9 nitrogen and oxygen atoms in total. The zero-order chi connectivity index (χ0) is 19.2. The van der Waals surface area contributed by atoms with E-state index in [0.717, 1.165) is 0 Å². The zero-order valence-electron chi connectivity index (χ0n) is 14.5. The minimum atomic E-state index is -0.705. The summed E-state index contributed by atoms with van der Waals surface area (Å²) in [6.07, 6.45) is 0. The first-order valence-electron chi connectivity index (χ1n) is 8.11. The average molecular weight is 371 g/mol. The van der Waals surface area contributed by atoms with Gasteiger partial charge in [0.2, 0.25) is 5.89 Å². The van der Waals surface area contributed by atoms with Crippen molar-refractivity contribution in [3.05, 3.63) is 64.0 Å². The fourth-order valence-corrected chi connectivity index (χ4v) is 2.44. The summed E-state index contributed by atoms with van der Waals surface area (Å²) in [5, 5.41) is 14.2. The molecule has 0 amide bonds. The quantitative estimate of drug-likeness (QED) is 0.278. The molecule has 1 N–H and O–H groups in total. The molecule has 0 radical (unpaired) electrons. The molecule has 0 saturated heterocycles. The van der Waals surface area contributed by atoms with Crippen LogP contribution in [-0.2, 0) is 16.1 Å². The lowest BCUT2D eigenvalue weighted by Crippen LogP contribution is -2.11. The SMILES string of the molecule is COCCNc1ccc(C(=O)OCc2nc3ccccc3o2)cc1[N+](=O)[O-]. The van der Waals surface area contributed by atoms with Crippen LogP contribution in [0.2, 0.25) is 0 Å². The number of oxazole rings is 1. The third kappa shape index (κ3) is 4.39. The van der Waals surface area contributed by atoms with Gasteiger partial charge >= 0.3 is 5.97 Å². The van der Waals surface area contributed by atoms with Crippen molar-refractivity contribution >= 4 is 28.4 Å². The molecule has 3 rings (SSSR count). The molecule has 0 fully saturated rings. The second kappa shape index (κ2) is 8.28. The van der Waals surface area contributed by atoms with Gasteiger partial charge in [0.25, 0.3) is 5.69 Å². The lowest BCUT2D eigenvalue weighted by Gasteiger charge is -2.08. The Kier molecular flexibility index (Phi) is 5.62. The maximum Gasteiger partial charge on any atom is 0.338 e. The van der Waals surface area contributed by atoms with Gasteiger partial charge in [-0.25, -0.2) is 9.78 Å². The van der Waals surface area contributed by atoms with Crippen molar-refractivity contribution in [1.82, 2.24) is 4.98 Å². The second-order valence-electron chi connectivity index (χ2n) is 5.56. The molecule has 27 heavy (non-hydrogen) atoms. The maximum absolute atomic E-state index is 12.2. The number of aromatic nitrogens is 1. The van der Waals surface area contributed by atoms with Crippen molar-refractivity contribution < 1.29 is 23.6 Å². The van der Waals surface area contributed by atoms with Crippen LogP contribution >= 0.6 is 0 Å². The van der Waals surface area contributed by atoms with Gasteiger partial charge in [-0.2, -0.15) is 0 Å². The molecule has 0 aliphatic heterocycles. The van der Waals surface area contributed by atoms with Crippen LogP contribution in [0.25, 0.3) is 11.1 Å². The number of carbonyl (C=O) groups excluding carboxylic acids is 1. The molecule has 0 aliphatic carbocycles. The molecule has 0 saturated carbocycles. The fourth-order valence-electron chi connectivity index (χ4n) is 2.44. The molecular formula is C18H17N3O6. The van der Waals surface area contributed by atoms with Crippen molar-refractivity contribution in [2.24, 2.45) is 0 Å². The number of nitrogens with zero attached hydrogens (tertiary/aromatic N) is 2. The van der Waals surface area contributed by atoms with Crippen molar-refractivity contribution in [3.63, 3.8) is 0 Å². The van der Waals surface area contributed by atoms with Crippen LogP contribution in [0.1, 0.15) is 16.2 Å². The second-order valence-corrected chi connectivity index (χ2v) is 5.56. The molecule has 1 heterocycles. The van der Waals surface area contributed by atoms with Crippen LogP contribution in [0.3, 0.4) is 0 Å². The molecule has 9 heteroatoms. The number of esters is 1. The number of hydrogen-bond donors (Lipinski definition) is 1. The van der Waals surface area contributed by atoms with Crippen LogP contribution in [-0.4, -0.2) is 36.1 Å². The van der Waals surface area contributed by atoms with Crippen LogP contribution in [0.4, 0.5) is 11.4 Å². The Hall–Kier alpha value is -3.46. The highest BCUT2D eigenvalue weighted by Crippen LogP contribution is 2.26. The first-order chi connectivity index (χ1) is 13.1. The largest absolute Gasteiger partial charge is 0.452 e. The highest BCUT2D eigenvalue weighted by atomic mass is 16.6. The summed E-state index contributed by atoms with van der Waals surface area (Å²) in [5.41, 5.74) is 1.39. The molecule has 0 bridgehead atoms. The molecule has 0 spiro atoms. The van der Waals surface area contributed by atoms with Crippen LogP contribution < -0.4 is 5.32 Å². The Labute approximate surface area is 154 Å². The van der Waals surface area contributed by atoms with Gasteiger partial charge in [-0.3, -0.25) is 10.1 Å². The van der Waals surface area contributed by atoms with Gasteiger partial charge in [0.05, 0.1) is 17.1 Å². The Bertz CT molecular complexity index is 936. The maximum atomic E-state index is 12.2. The van der Waals surface area contributed by atoms with Crippen LogP contribution in [0, 0.1) is 10.1 Å². The van der Waals surface area contributed by atoms with E-state index in [1.54, 1.807) is 12.1 Å². The number of benzene rings is 2. The minimum absolute atomic E-state index is 0.0649. The van der Waals surface area contributed by atoms with Crippen molar-refractivity contribution in [1.29, 1.82) is 0 Å². The van der Waals surface area contributed by atoms with Gasteiger partial charge in [-0.15, -0.1) is 0 Å². The first-order valence-corrected chi connectivity index (χ1v) is 8.11. The van der Waals surface area contributed by atoms with Gasteiger partial charge in [0, 0.05) is 19.7 Å². The third-order valence-electron chi connectivity index (χ3n) is 3.72. The van der Waals surface area contributed by atoms with Gasteiger partial charge < -0.3 is 19.2 Å². The number of nitro benzene ring substituents is 1. The number of hydrogen-bond acceptors (Lipinski definition) is 8. The van der Waals surface area contributed by atoms with Crippen molar-refractivity contribution in [3.8, 4) is 0 Å². The lowest BCUT2D eigenvalue weighted by molar-refractivity contribution is -0.384. The molecule has 2 aromatic carbocycles. The highest BCUT2D eigenvalue weighted by Gasteiger charge is 2.19. The third-order valence-corrected chi connectivity index (χ3v) is 3.72. The number of nitrogens with one attached hydrogen (secondary N) is 1. The summed E-state index contributed by atoms with van der Waals surface area (Å²) in [6.45, 7) is 0.624. The predicted octanol–water partition coefficient (Wildman–Crippen LogP) is 3.15. The van der Waals surface area contributed by atoms with E-state index < -0.39 is 10.9 Å². The summed E-state index contributed by atoms with van der Waals surface area (Å²) in [7, 11) is 1.53. The Balaban J connectivity index is 1.69. The summed E-state index contributed by atoms with van der Waals surface area (Å²) in [6, 6.07) is 11.3. The summed E-state index contributed by atoms with van der Waals surface area (Å²) >= 11 is 0. The van der Waals surface area contributed by atoms with Crippen molar-refractivity contribution in [2.45, 2.75) is 6.61 Å². The smallest absolute Gasteiger partial charge is 0.338 e. The monoisotopic (exact) mass is 371 g/mol. The molecule has 0 unspecified atom stereocenters. The highest BCUT2D eigenvalue weighted by molar-refractivity contribution is 5.91. The van der Waals surface area contributed by atoms with Crippen molar-refractivity contribution in [2.75, 3.05) is 25.6 Å². The number of para-hydroxylation sites is 2. The molecule has 0 atom stereocenters. The van der Waals surface area contributed by atoms with E-state index in [9.17, 15) is 14.9 Å². The van der Waals surface area contributed by atoms with Gasteiger partial charge in [0.1, 0.15) is 11.2 Å². The van der Waals surface area contributed by atoms with E-state index in [1.807, 2.05) is 12.1 Å². The standard InChI is InChI=1S/C18H17N3O6/c1-25-9-8-19-13-7-6-12(10-15(13)21(23)24)18(22)26-11-17-20-14-4-2-3-5-16(14)27-17/h2-7,10,19H,8-9,11H2,1H3. The Morgan fingerprint density at radius 1 is 1.30 bits per heavy atom. The number of methoxy groups -OCH3 is 1. The Morgan fingerprint density at radius 3 is 2.85 bits per heavy atom. The molecular weight excluding hydrogens is 354 g/mol. The van der Waals surface area contributed by atoms with E-state index in [0.29, 0.717) is 29.9 Å². The van der Waals surface area contributed by atoms with E-state index in [1.165, 1.54) is 25.3 Å². The molecule has 140 valence electrons. The van der Waals surface area contributed by atoms with E-state index in [2.05, 4.69) is 10.3 Å². The van der Waals surface area contributed by atoms with E-state index >= 15 is 0 Å². The summed E-state index contributed by atoms with van der Waals surface area (Å²) in [5.74, 6) is -0.458. The average Bonchev–Trinajstić information content (AvgIpc) is 3.09. The van der Waals surface area contributed by atoms with Gasteiger partial charge in [-0.1, -0.05) is 12.1 Å². The molecule has 1 aromatic heterocycles. The molecule has 0 aliphatic rings. The minimum Gasteiger partial charge on any atom is -0.452 e. The van der Waals surface area contributed by atoms with Gasteiger partial charge in [-0.05, 0) is 24.3 Å². The number of fused-ring (bicyclic) bond motifs is 1. The van der Waals surface area contributed by atoms with Crippen LogP contribution in [0.5, 0.6) is 0 Å². The number of nitro groups is 1. The summed E-state index contributed by atoms with van der Waals surface area (Å²) < 4.78 is 15.5. The van der Waals surface area contributed by atoms with E-state index in [-0.39, 0.29) is 23.7 Å². The topological polar surface area (TPSA) is 117 Å². The molecule has 3 aromatic rings. The number of rotatable bonds is 8.